The molecule has 60 heavy (non-hydrogen) atoms. The van der Waals surface area contributed by atoms with Crippen LogP contribution in [0.25, 0.3) is 21.5 Å². The van der Waals surface area contributed by atoms with Crippen LogP contribution in [0.3, 0.4) is 0 Å². The van der Waals surface area contributed by atoms with Crippen molar-refractivity contribution in [2.75, 3.05) is 9.80 Å². The third-order valence-corrected chi connectivity index (χ3v) is 12.2. The van der Waals surface area contributed by atoms with Gasteiger partial charge in [0.05, 0.1) is 11.4 Å². The minimum absolute atomic E-state index is 0.0417. The summed E-state index contributed by atoms with van der Waals surface area (Å²) in [4.78, 5) is 5.02. The second kappa shape index (κ2) is 15.3. The van der Waals surface area contributed by atoms with Crippen LogP contribution in [0.15, 0.2) is 140 Å². The second-order valence-corrected chi connectivity index (χ2v) is 22.1. The molecule has 0 radical (unpaired) electrons. The number of rotatable bonds is 6. The van der Waals surface area contributed by atoms with Gasteiger partial charge in [-0.15, -0.1) is 0 Å². The molecule has 310 valence electrons. The van der Waals surface area contributed by atoms with Crippen molar-refractivity contribution in [3.63, 3.8) is 0 Å². The van der Waals surface area contributed by atoms with Crippen molar-refractivity contribution in [3.05, 3.63) is 167 Å². The van der Waals surface area contributed by atoms with E-state index in [9.17, 15) is 0 Å². The van der Waals surface area contributed by atoms with Crippen LogP contribution in [-0.4, -0.2) is 0 Å². The third kappa shape index (κ3) is 8.49. The van der Waals surface area contributed by atoms with Crippen molar-refractivity contribution in [3.8, 4) is 0 Å². The van der Waals surface area contributed by atoms with Crippen LogP contribution in [0.2, 0.25) is 0 Å². The zero-order valence-electron chi connectivity index (χ0n) is 39.2. The Labute approximate surface area is 362 Å². The second-order valence-electron chi connectivity index (χ2n) is 22.1. The summed E-state index contributed by atoms with van der Waals surface area (Å²) < 4.78 is 0. The van der Waals surface area contributed by atoms with Crippen LogP contribution in [0.5, 0.6) is 0 Å². The van der Waals surface area contributed by atoms with E-state index in [2.05, 4.69) is 253 Å². The Morgan fingerprint density at radius 3 is 0.750 bits per heavy atom. The predicted octanol–water partition coefficient (Wildman–Crippen LogP) is 17.4. The van der Waals surface area contributed by atoms with E-state index in [1.54, 1.807) is 0 Å². The highest BCUT2D eigenvalue weighted by Crippen LogP contribution is 2.52. The standard InChI is InChI=1S/C58H68N2/c1-54(2,3)39-20-29-44(30-21-39)59(45-31-22-40(23-32-45)55(4,5)6)52-48-18-16-17-19-49(48)53(51-38-43(58(13,14)15)28-37-50(51)52)60(46-33-24-41(25-34-46)56(7,8)9)47-35-26-42(27-36-47)57(10,11)12/h16-38H,1-15H3. The first-order chi connectivity index (χ1) is 27.9. The first kappa shape index (κ1) is 42.8. The fourth-order valence-electron chi connectivity index (χ4n) is 8.34. The minimum atomic E-state index is -0.0595. The lowest BCUT2D eigenvalue weighted by molar-refractivity contribution is 0.590. The van der Waals surface area contributed by atoms with Crippen molar-refractivity contribution >= 4 is 55.7 Å². The molecule has 0 saturated carbocycles. The van der Waals surface area contributed by atoms with Crippen molar-refractivity contribution in [1.82, 2.24) is 0 Å². The first-order valence-electron chi connectivity index (χ1n) is 21.9. The number of benzene rings is 7. The van der Waals surface area contributed by atoms with E-state index in [0.717, 1.165) is 22.7 Å². The quantitative estimate of drug-likeness (QED) is 0.122. The van der Waals surface area contributed by atoms with E-state index in [4.69, 9.17) is 0 Å². The van der Waals surface area contributed by atoms with Gasteiger partial charge < -0.3 is 9.80 Å². The molecular formula is C58H68N2. The topological polar surface area (TPSA) is 6.48 Å². The van der Waals surface area contributed by atoms with Gasteiger partial charge in [-0.05, 0) is 109 Å². The molecule has 0 bridgehead atoms. The van der Waals surface area contributed by atoms with E-state index < -0.39 is 0 Å². The maximum absolute atomic E-state index is 2.51. The fourth-order valence-corrected chi connectivity index (χ4v) is 8.34. The summed E-state index contributed by atoms with van der Waals surface area (Å²) >= 11 is 0. The Morgan fingerprint density at radius 1 is 0.250 bits per heavy atom. The highest BCUT2D eigenvalue weighted by molar-refractivity contribution is 6.23. The fraction of sp³-hybridized carbons (Fsp3) is 0.345. The van der Waals surface area contributed by atoms with E-state index >= 15 is 0 Å². The Kier molecular flexibility index (Phi) is 10.9. The summed E-state index contributed by atoms with van der Waals surface area (Å²) in [5.74, 6) is 0. The van der Waals surface area contributed by atoms with Crippen molar-refractivity contribution in [1.29, 1.82) is 0 Å². The molecule has 2 heteroatoms. The van der Waals surface area contributed by atoms with Crippen LogP contribution < -0.4 is 9.80 Å². The molecule has 0 amide bonds. The molecule has 0 aliphatic heterocycles. The molecule has 2 nitrogen and oxygen atoms in total. The van der Waals surface area contributed by atoms with Gasteiger partial charge in [-0.2, -0.15) is 0 Å². The molecule has 7 aromatic rings. The Hall–Kier alpha value is -5.34. The lowest BCUT2D eigenvalue weighted by atomic mass is 9.84. The van der Waals surface area contributed by atoms with Gasteiger partial charge in [-0.3, -0.25) is 0 Å². The zero-order chi connectivity index (χ0) is 43.6. The molecule has 0 aliphatic carbocycles. The summed E-state index contributed by atoms with van der Waals surface area (Å²) in [5, 5.41) is 4.83. The van der Waals surface area contributed by atoms with E-state index in [1.807, 2.05) is 0 Å². The molecular weight excluding hydrogens is 725 g/mol. The molecule has 0 atom stereocenters. The van der Waals surface area contributed by atoms with E-state index in [-0.39, 0.29) is 27.1 Å². The van der Waals surface area contributed by atoms with Crippen LogP contribution in [0.1, 0.15) is 132 Å². The van der Waals surface area contributed by atoms with Gasteiger partial charge in [-0.25, -0.2) is 0 Å². The SMILES string of the molecule is CC(C)(C)c1ccc(N(c2ccc(C(C)(C)C)cc2)c2c3ccccc3c(N(c3ccc(C(C)(C)C)cc3)c3ccc(C(C)(C)C)cc3)c3cc(C(C)(C)C)ccc23)cc1. The van der Waals surface area contributed by atoms with Crippen LogP contribution in [-0.2, 0) is 27.1 Å². The molecule has 0 saturated heterocycles. The highest BCUT2D eigenvalue weighted by Gasteiger charge is 2.28. The Balaban J connectivity index is 1.62. The molecule has 0 fully saturated rings. The molecule has 0 N–H and O–H groups in total. The number of nitrogens with zero attached hydrogens (tertiary/aromatic N) is 2. The van der Waals surface area contributed by atoms with Gasteiger partial charge in [0.1, 0.15) is 0 Å². The molecule has 7 aromatic carbocycles. The van der Waals surface area contributed by atoms with Crippen molar-refractivity contribution in [2.24, 2.45) is 0 Å². The Bertz CT molecular complexity index is 2490. The number of anilines is 6. The summed E-state index contributed by atoms with van der Waals surface area (Å²) in [6.07, 6.45) is 0. The average Bonchev–Trinajstić information content (AvgIpc) is 3.17. The third-order valence-electron chi connectivity index (χ3n) is 12.2. The maximum atomic E-state index is 2.51. The molecule has 0 spiro atoms. The molecule has 0 aromatic heterocycles. The Morgan fingerprint density at radius 2 is 0.483 bits per heavy atom. The highest BCUT2D eigenvalue weighted by atomic mass is 15.2. The molecule has 7 rings (SSSR count). The number of hydrogen-bond donors (Lipinski definition) is 0. The summed E-state index contributed by atoms with van der Waals surface area (Å²) in [5.41, 5.74) is 13.6. The molecule has 0 heterocycles. The largest absolute Gasteiger partial charge is 0.309 e. The summed E-state index contributed by atoms with van der Waals surface area (Å²) in [7, 11) is 0. The van der Waals surface area contributed by atoms with Gasteiger partial charge in [0.2, 0.25) is 0 Å². The summed E-state index contributed by atoms with van der Waals surface area (Å²) in [6, 6.07) is 53.3. The van der Waals surface area contributed by atoms with Gasteiger partial charge >= 0.3 is 0 Å². The first-order valence-corrected chi connectivity index (χ1v) is 21.9. The van der Waals surface area contributed by atoms with E-state index in [0.29, 0.717) is 0 Å². The summed E-state index contributed by atoms with van der Waals surface area (Å²) in [6.45, 7) is 34.4. The van der Waals surface area contributed by atoms with Gasteiger partial charge in [0.25, 0.3) is 0 Å². The van der Waals surface area contributed by atoms with Gasteiger partial charge in [-0.1, -0.05) is 189 Å². The van der Waals surface area contributed by atoms with E-state index in [1.165, 1.54) is 60.7 Å². The maximum Gasteiger partial charge on any atom is 0.0620 e. The molecule has 0 aliphatic rings. The smallest absolute Gasteiger partial charge is 0.0620 e. The average molecular weight is 793 g/mol. The lowest BCUT2D eigenvalue weighted by Crippen LogP contribution is -2.17. The number of fused-ring (bicyclic) bond motifs is 2. The van der Waals surface area contributed by atoms with Crippen molar-refractivity contribution < 1.29 is 0 Å². The number of hydrogen-bond acceptors (Lipinski definition) is 2. The monoisotopic (exact) mass is 793 g/mol. The van der Waals surface area contributed by atoms with Crippen LogP contribution >= 0.6 is 0 Å². The normalized spacial score (nSPS) is 12.9. The van der Waals surface area contributed by atoms with Crippen LogP contribution in [0, 0.1) is 0 Å². The lowest BCUT2D eigenvalue weighted by Gasteiger charge is -2.34. The zero-order valence-corrected chi connectivity index (χ0v) is 39.2. The van der Waals surface area contributed by atoms with Gasteiger partial charge in [0.15, 0.2) is 0 Å². The molecule has 0 unspecified atom stereocenters. The predicted molar refractivity (Wildman–Crippen MR) is 264 cm³/mol. The minimum Gasteiger partial charge on any atom is -0.309 e. The van der Waals surface area contributed by atoms with Crippen LogP contribution in [0.4, 0.5) is 34.1 Å². The van der Waals surface area contributed by atoms with Gasteiger partial charge in [0, 0.05) is 44.3 Å². The van der Waals surface area contributed by atoms with Crippen molar-refractivity contribution in [2.45, 2.75) is 131 Å².